The number of thiophene rings is 1. The number of carbonyl (C=O) groups is 2. The average Bonchev–Trinajstić information content (AvgIpc) is 2.67. The Kier molecular flexibility index (Phi) is 4.45. The first-order valence-corrected chi connectivity index (χ1v) is 7.89. The van der Waals surface area contributed by atoms with E-state index in [4.69, 9.17) is 5.11 Å². The molecule has 7 heteroatoms. The minimum atomic E-state index is -0.923. The Morgan fingerprint density at radius 2 is 2.11 bits per heavy atom. The predicted molar refractivity (Wildman–Crippen MR) is 76.0 cm³/mol. The topological polar surface area (TPSA) is 57.6 Å². The summed E-state index contributed by atoms with van der Waals surface area (Å²) in [5.74, 6) is -1.13. The van der Waals surface area contributed by atoms with Crippen LogP contribution in [-0.4, -0.2) is 34.5 Å². The highest BCUT2D eigenvalue weighted by Crippen LogP contribution is 2.33. The highest BCUT2D eigenvalue weighted by molar-refractivity contribution is 9.12. The predicted octanol–water partition coefficient (Wildman–Crippen LogP) is 3.35. The quantitative estimate of drug-likeness (QED) is 0.833. The van der Waals surface area contributed by atoms with Gasteiger partial charge in [-0.05, 0) is 57.2 Å². The second-order valence-electron chi connectivity index (χ2n) is 4.09. The Hall–Kier alpha value is -0.400. The largest absolute Gasteiger partial charge is 0.480 e. The van der Waals surface area contributed by atoms with Crippen molar-refractivity contribution in [3.8, 4) is 0 Å². The van der Waals surface area contributed by atoms with Crippen LogP contribution in [0.2, 0.25) is 0 Å². The van der Waals surface area contributed by atoms with E-state index in [1.165, 1.54) is 16.2 Å². The number of nitrogens with zero attached hydrogens (tertiary/aromatic N) is 1. The molecule has 1 aromatic heterocycles. The molecule has 0 radical (unpaired) electrons. The summed E-state index contributed by atoms with van der Waals surface area (Å²) >= 11 is 8.07. The first-order valence-electron chi connectivity index (χ1n) is 5.49. The fourth-order valence-corrected chi connectivity index (χ4v) is 4.85. The van der Waals surface area contributed by atoms with Crippen molar-refractivity contribution in [1.29, 1.82) is 0 Å². The molecule has 0 saturated carbocycles. The molecule has 18 heavy (non-hydrogen) atoms. The molecule has 0 unspecified atom stereocenters. The second kappa shape index (κ2) is 5.71. The van der Waals surface area contributed by atoms with Gasteiger partial charge in [0.1, 0.15) is 6.04 Å². The summed E-state index contributed by atoms with van der Waals surface area (Å²) in [6.07, 6.45) is 2.25. The van der Waals surface area contributed by atoms with Gasteiger partial charge < -0.3 is 10.0 Å². The molecule has 1 fully saturated rings. The summed E-state index contributed by atoms with van der Waals surface area (Å²) < 4.78 is 1.58. The van der Waals surface area contributed by atoms with Gasteiger partial charge in [-0.1, -0.05) is 0 Å². The molecule has 1 aliphatic heterocycles. The number of carbonyl (C=O) groups excluding carboxylic acids is 1. The molecule has 1 saturated heterocycles. The number of likely N-dealkylation sites (tertiary alicyclic amines) is 1. The highest BCUT2D eigenvalue weighted by Gasteiger charge is 2.33. The highest BCUT2D eigenvalue weighted by atomic mass is 79.9. The molecular weight excluding hydrogens is 386 g/mol. The summed E-state index contributed by atoms with van der Waals surface area (Å²) in [6, 6.07) is 1.03. The van der Waals surface area contributed by atoms with E-state index in [1.807, 2.05) is 0 Å². The molecule has 1 N–H and O–H groups in total. The molecule has 0 aromatic carbocycles. The second-order valence-corrected chi connectivity index (χ2v) is 7.84. The Labute approximate surface area is 125 Å². The van der Waals surface area contributed by atoms with Crippen LogP contribution in [0.3, 0.4) is 0 Å². The Bertz CT molecular complexity index is 489. The van der Waals surface area contributed by atoms with Gasteiger partial charge >= 0.3 is 5.97 Å². The van der Waals surface area contributed by atoms with Crippen molar-refractivity contribution >= 4 is 55.1 Å². The van der Waals surface area contributed by atoms with Crippen molar-refractivity contribution in [2.45, 2.75) is 25.3 Å². The van der Waals surface area contributed by atoms with Gasteiger partial charge in [0.2, 0.25) is 0 Å². The van der Waals surface area contributed by atoms with Gasteiger partial charge in [-0.2, -0.15) is 0 Å². The standard InChI is InChI=1S/C11H11Br2NO3S/c12-8-5-6(9(13)18-8)10(15)14-4-2-1-3-7(14)11(16)17/h5,7H,1-4H2,(H,16,17)/t7-/m1/s1. The van der Waals surface area contributed by atoms with Gasteiger partial charge in [0.05, 0.1) is 13.1 Å². The SMILES string of the molecule is O=C(O)[C@H]1CCCCN1C(=O)c1cc(Br)sc1Br. The Morgan fingerprint density at radius 1 is 1.39 bits per heavy atom. The molecule has 0 aliphatic carbocycles. The van der Waals surface area contributed by atoms with Crippen molar-refractivity contribution in [3.63, 3.8) is 0 Å². The Balaban J connectivity index is 2.26. The van der Waals surface area contributed by atoms with Gasteiger partial charge in [-0.3, -0.25) is 4.79 Å². The first-order chi connectivity index (χ1) is 8.50. The van der Waals surface area contributed by atoms with E-state index >= 15 is 0 Å². The van der Waals surface area contributed by atoms with Crippen molar-refractivity contribution in [3.05, 3.63) is 19.2 Å². The number of rotatable bonds is 2. The Morgan fingerprint density at radius 3 is 2.67 bits per heavy atom. The lowest BCUT2D eigenvalue weighted by Gasteiger charge is -2.32. The van der Waals surface area contributed by atoms with E-state index in [-0.39, 0.29) is 5.91 Å². The monoisotopic (exact) mass is 395 g/mol. The summed E-state index contributed by atoms with van der Waals surface area (Å²) in [6.45, 7) is 0.510. The van der Waals surface area contributed by atoms with Gasteiger partial charge in [0.25, 0.3) is 5.91 Å². The molecule has 1 aromatic rings. The third-order valence-corrected chi connectivity index (χ3v) is 5.28. The maximum absolute atomic E-state index is 12.4. The average molecular weight is 397 g/mol. The summed E-state index contributed by atoms with van der Waals surface area (Å²) in [4.78, 5) is 25.0. The fourth-order valence-electron chi connectivity index (χ4n) is 2.07. The van der Waals surface area contributed by atoms with Crippen LogP contribution in [0.5, 0.6) is 0 Å². The van der Waals surface area contributed by atoms with Crippen LogP contribution in [0.25, 0.3) is 0 Å². The van der Waals surface area contributed by atoms with E-state index in [9.17, 15) is 9.59 Å². The zero-order chi connectivity index (χ0) is 13.3. The van der Waals surface area contributed by atoms with Gasteiger partial charge in [-0.25, -0.2) is 4.79 Å². The lowest BCUT2D eigenvalue weighted by atomic mass is 10.0. The molecule has 2 heterocycles. The third kappa shape index (κ3) is 2.78. The van der Waals surface area contributed by atoms with Crippen LogP contribution in [0, 0.1) is 0 Å². The molecule has 1 amide bonds. The van der Waals surface area contributed by atoms with Gasteiger partial charge in [-0.15, -0.1) is 11.3 Å². The maximum Gasteiger partial charge on any atom is 0.326 e. The third-order valence-electron chi connectivity index (χ3n) is 2.94. The van der Waals surface area contributed by atoms with E-state index < -0.39 is 12.0 Å². The number of carboxylic acids is 1. The number of amides is 1. The number of piperidine rings is 1. The molecule has 4 nitrogen and oxygen atoms in total. The van der Waals surface area contributed by atoms with Gasteiger partial charge in [0.15, 0.2) is 0 Å². The van der Waals surface area contributed by atoms with Crippen molar-refractivity contribution < 1.29 is 14.7 Å². The maximum atomic E-state index is 12.4. The lowest BCUT2D eigenvalue weighted by molar-refractivity contribution is -0.143. The number of hydrogen-bond donors (Lipinski definition) is 1. The number of hydrogen-bond acceptors (Lipinski definition) is 3. The van der Waals surface area contributed by atoms with E-state index in [0.29, 0.717) is 18.5 Å². The van der Waals surface area contributed by atoms with Crippen LogP contribution in [0.1, 0.15) is 29.6 Å². The molecule has 2 rings (SSSR count). The van der Waals surface area contributed by atoms with Crippen molar-refractivity contribution in [2.75, 3.05) is 6.54 Å². The molecular formula is C11H11Br2NO3S. The normalized spacial score (nSPS) is 19.9. The zero-order valence-corrected chi connectivity index (χ0v) is 13.3. The van der Waals surface area contributed by atoms with Crippen LogP contribution >= 0.6 is 43.2 Å². The van der Waals surface area contributed by atoms with E-state index in [1.54, 1.807) is 6.07 Å². The van der Waals surface area contributed by atoms with Crippen molar-refractivity contribution in [1.82, 2.24) is 4.90 Å². The van der Waals surface area contributed by atoms with E-state index in [0.717, 1.165) is 20.4 Å². The fraction of sp³-hybridized carbons (Fsp3) is 0.455. The van der Waals surface area contributed by atoms with Crippen LogP contribution < -0.4 is 0 Å². The van der Waals surface area contributed by atoms with Crippen LogP contribution in [0.15, 0.2) is 13.6 Å². The molecule has 98 valence electrons. The van der Waals surface area contributed by atoms with Crippen LogP contribution in [0.4, 0.5) is 0 Å². The summed E-state index contributed by atoms with van der Waals surface area (Å²) in [7, 11) is 0. The number of carboxylic acid groups (broad SMARTS) is 1. The lowest BCUT2D eigenvalue weighted by Crippen LogP contribution is -2.47. The molecule has 1 aliphatic rings. The first kappa shape index (κ1) is 14.0. The molecule has 1 atom stereocenters. The number of aliphatic carboxylic acids is 1. The summed E-state index contributed by atoms with van der Waals surface area (Å²) in [5.41, 5.74) is 0.528. The van der Waals surface area contributed by atoms with Crippen molar-refractivity contribution in [2.24, 2.45) is 0 Å². The van der Waals surface area contributed by atoms with Crippen LogP contribution in [-0.2, 0) is 4.79 Å². The molecule has 0 spiro atoms. The minimum absolute atomic E-state index is 0.212. The molecule has 0 bridgehead atoms. The number of halogens is 2. The van der Waals surface area contributed by atoms with E-state index in [2.05, 4.69) is 31.9 Å². The zero-order valence-electron chi connectivity index (χ0n) is 9.36. The smallest absolute Gasteiger partial charge is 0.326 e. The minimum Gasteiger partial charge on any atom is -0.480 e. The van der Waals surface area contributed by atoms with Gasteiger partial charge in [0, 0.05) is 6.54 Å². The summed E-state index contributed by atoms with van der Waals surface area (Å²) in [5, 5.41) is 9.17.